The second kappa shape index (κ2) is 4.05. The van der Waals surface area contributed by atoms with Crippen LogP contribution in [0.25, 0.3) is 0 Å². The molecule has 0 spiro atoms. The van der Waals surface area contributed by atoms with Crippen LogP contribution in [0.2, 0.25) is 0 Å². The number of likely N-dealkylation sites (N-methyl/N-ethyl adjacent to an activating group) is 1. The SMILES string of the molecule is CNCC(=O)c1ccc(C)c(O)c1. The van der Waals surface area contributed by atoms with E-state index in [1.165, 1.54) is 6.07 Å². The van der Waals surface area contributed by atoms with E-state index in [0.29, 0.717) is 12.1 Å². The van der Waals surface area contributed by atoms with Crippen molar-refractivity contribution in [3.63, 3.8) is 0 Å². The molecule has 0 fully saturated rings. The van der Waals surface area contributed by atoms with Gasteiger partial charge in [-0.15, -0.1) is 0 Å². The second-order valence-electron chi connectivity index (χ2n) is 2.95. The zero-order valence-corrected chi connectivity index (χ0v) is 7.79. The van der Waals surface area contributed by atoms with Gasteiger partial charge in [0.15, 0.2) is 5.78 Å². The minimum absolute atomic E-state index is 0.0159. The molecule has 13 heavy (non-hydrogen) atoms. The van der Waals surface area contributed by atoms with Crippen molar-refractivity contribution in [2.75, 3.05) is 13.6 Å². The number of rotatable bonds is 3. The third-order valence-corrected chi connectivity index (χ3v) is 1.87. The van der Waals surface area contributed by atoms with E-state index < -0.39 is 0 Å². The van der Waals surface area contributed by atoms with Crippen molar-refractivity contribution in [2.24, 2.45) is 0 Å². The predicted molar refractivity (Wildman–Crippen MR) is 51.1 cm³/mol. The van der Waals surface area contributed by atoms with Gasteiger partial charge in [0, 0.05) is 5.56 Å². The van der Waals surface area contributed by atoms with Crippen LogP contribution in [0, 0.1) is 6.92 Å². The molecule has 0 aliphatic heterocycles. The van der Waals surface area contributed by atoms with Crippen LogP contribution in [-0.4, -0.2) is 24.5 Å². The largest absolute Gasteiger partial charge is 0.508 e. The molecule has 2 N–H and O–H groups in total. The highest BCUT2D eigenvalue weighted by atomic mass is 16.3. The molecule has 0 unspecified atom stereocenters. The van der Waals surface area contributed by atoms with Crippen molar-refractivity contribution in [3.05, 3.63) is 29.3 Å². The molecule has 0 aromatic heterocycles. The summed E-state index contributed by atoms with van der Waals surface area (Å²) < 4.78 is 0. The van der Waals surface area contributed by atoms with Crippen molar-refractivity contribution in [2.45, 2.75) is 6.92 Å². The lowest BCUT2D eigenvalue weighted by Crippen LogP contribution is -2.18. The summed E-state index contributed by atoms with van der Waals surface area (Å²) in [6.07, 6.45) is 0. The van der Waals surface area contributed by atoms with E-state index >= 15 is 0 Å². The van der Waals surface area contributed by atoms with Crippen LogP contribution in [0.1, 0.15) is 15.9 Å². The molecule has 0 aliphatic rings. The van der Waals surface area contributed by atoms with E-state index in [0.717, 1.165) is 5.56 Å². The van der Waals surface area contributed by atoms with Crippen LogP contribution in [-0.2, 0) is 0 Å². The molecule has 0 heterocycles. The van der Waals surface area contributed by atoms with Gasteiger partial charge < -0.3 is 10.4 Å². The first-order chi connectivity index (χ1) is 6.15. The predicted octanol–water partition coefficient (Wildman–Crippen LogP) is 1.10. The standard InChI is InChI=1S/C10H13NO2/c1-7-3-4-8(5-9(7)12)10(13)6-11-2/h3-5,11-12H,6H2,1-2H3. The normalized spacial score (nSPS) is 10.0. The molecule has 1 aromatic rings. The van der Waals surface area contributed by atoms with Crippen molar-refractivity contribution in [1.82, 2.24) is 5.32 Å². The highest BCUT2D eigenvalue weighted by Gasteiger charge is 2.05. The van der Waals surface area contributed by atoms with Gasteiger partial charge in [0.05, 0.1) is 6.54 Å². The van der Waals surface area contributed by atoms with Crippen molar-refractivity contribution < 1.29 is 9.90 Å². The Hall–Kier alpha value is -1.35. The molecule has 0 saturated heterocycles. The lowest BCUT2D eigenvalue weighted by atomic mass is 10.1. The highest BCUT2D eigenvalue weighted by molar-refractivity contribution is 5.98. The molecular weight excluding hydrogens is 166 g/mol. The smallest absolute Gasteiger partial charge is 0.176 e. The second-order valence-corrected chi connectivity index (χ2v) is 2.95. The average molecular weight is 179 g/mol. The Balaban J connectivity index is 2.90. The molecule has 0 bridgehead atoms. The number of carbonyl (C=O) groups excluding carboxylic acids is 1. The topological polar surface area (TPSA) is 49.3 Å². The van der Waals surface area contributed by atoms with Crippen LogP contribution >= 0.6 is 0 Å². The fourth-order valence-electron chi connectivity index (χ4n) is 1.05. The molecule has 0 radical (unpaired) electrons. The molecule has 0 amide bonds. The van der Waals surface area contributed by atoms with Gasteiger partial charge in [0.1, 0.15) is 5.75 Å². The third kappa shape index (κ3) is 2.29. The van der Waals surface area contributed by atoms with Crippen LogP contribution in [0.5, 0.6) is 5.75 Å². The summed E-state index contributed by atoms with van der Waals surface area (Å²) in [7, 11) is 1.71. The monoisotopic (exact) mass is 179 g/mol. The zero-order chi connectivity index (χ0) is 9.84. The van der Waals surface area contributed by atoms with E-state index in [1.807, 2.05) is 0 Å². The van der Waals surface area contributed by atoms with Gasteiger partial charge in [-0.2, -0.15) is 0 Å². The molecule has 0 saturated carbocycles. The Kier molecular flexibility index (Phi) is 3.03. The quantitative estimate of drug-likeness (QED) is 0.683. The first kappa shape index (κ1) is 9.74. The molecule has 0 aliphatic carbocycles. The highest BCUT2D eigenvalue weighted by Crippen LogP contribution is 2.17. The third-order valence-electron chi connectivity index (χ3n) is 1.87. The van der Waals surface area contributed by atoms with Gasteiger partial charge in [-0.3, -0.25) is 4.79 Å². The molecule has 1 aromatic carbocycles. The van der Waals surface area contributed by atoms with E-state index in [9.17, 15) is 9.90 Å². The van der Waals surface area contributed by atoms with Gasteiger partial charge in [-0.05, 0) is 25.6 Å². The number of hydrogen-bond donors (Lipinski definition) is 2. The number of nitrogens with one attached hydrogen (secondary N) is 1. The van der Waals surface area contributed by atoms with Gasteiger partial charge in [-0.1, -0.05) is 12.1 Å². The lowest BCUT2D eigenvalue weighted by molar-refractivity contribution is 0.0993. The molecule has 70 valence electrons. The number of Topliss-reactive ketones (excluding diaryl/α,β-unsaturated/α-hetero) is 1. The molecule has 0 atom stereocenters. The maximum absolute atomic E-state index is 11.3. The molecule has 1 rings (SSSR count). The summed E-state index contributed by atoms with van der Waals surface area (Å²) in [5.41, 5.74) is 1.32. The van der Waals surface area contributed by atoms with Crippen LogP contribution in [0.15, 0.2) is 18.2 Å². The van der Waals surface area contributed by atoms with E-state index in [4.69, 9.17) is 0 Å². The fraction of sp³-hybridized carbons (Fsp3) is 0.300. The summed E-state index contributed by atoms with van der Waals surface area (Å²) in [5, 5.41) is 12.1. The van der Waals surface area contributed by atoms with Crippen molar-refractivity contribution in [3.8, 4) is 5.75 Å². The Morgan fingerprint density at radius 2 is 2.23 bits per heavy atom. The van der Waals surface area contributed by atoms with Crippen LogP contribution < -0.4 is 5.32 Å². The van der Waals surface area contributed by atoms with Gasteiger partial charge in [0.2, 0.25) is 0 Å². The summed E-state index contributed by atoms with van der Waals surface area (Å²) in [4.78, 5) is 11.3. The number of benzene rings is 1. The maximum atomic E-state index is 11.3. The first-order valence-electron chi connectivity index (χ1n) is 4.12. The Morgan fingerprint density at radius 1 is 1.54 bits per heavy atom. The number of carbonyl (C=O) groups is 1. The molecule has 3 nitrogen and oxygen atoms in total. The summed E-state index contributed by atoms with van der Waals surface area (Å²) in [6.45, 7) is 2.09. The number of aryl methyl sites for hydroxylation is 1. The molecule has 3 heteroatoms. The maximum Gasteiger partial charge on any atom is 0.176 e. The van der Waals surface area contributed by atoms with Crippen molar-refractivity contribution >= 4 is 5.78 Å². The Bertz CT molecular complexity index is 321. The Morgan fingerprint density at radius 3 is 2.77 bits per heavy atom. The zero-order valence-electron chi connectivity index (χ0n) is 7.79. The van der Waals surface area contributed by atoms with Gasteiger partial charge >= 0.3 is 0 Å². The minimum atomic E-state index is -0.0159. The van der Waals surface area contributed by atoms with Gasteiger partial charge in [0.25, 0.3) is 0 Å². The first-order valence-corrected chi connectivity index (χ1v) is 4.12. The van der Waals surface area contributed by atoms with E-state index in [1.54, 1.807) is 26.1 Å². The number of aromatic hydroxyl groups is 1. The number of ketones is 1. The van der Waals surface area contributed by atoms with Crippen molar-refractivity contribution in [1.29, 1.82) is 0 Å². The number of hydrogen-bond acceptors (Lipinski definition) is 3. The fourth-order valence-corrected chi connectivity index (χ4v) is 1.05. The van der Waals surface area contributed by atoms with E-state index in [-0.39, 0.29) is 11.5 Å². The Labute approximate surface area is 77.4 Å². The average Bonchev–Trinajstić information content (AvgIpc) is 2.10. The van der Waals surface area contributed by atoms with E-state index in [2.05, 4.69) is 5.32 Å². The summed E-state index contributed by atoms with van der Waals surface area (Å²) in [6, 6.07) is 4.95. The summed E-state index contributed by atoms with van der Waals surface area (Å²) in [5.74, 6) is 0.153. The molecular formula is C10H13NO2. The van der Waals surface area contributed by atoms with Crippen LogP contribution in [0.4, 0.5) is 0 Å². The summed E-state index contributed by atoms with van der Waals surface area (Å²) >= 11 is 0. The number of phenols is 1. The van der Waals surface area contributed by atoms with Gasteiger partial charge in [-0.25, -0.2) is 0 Å². The van der Waals surface area contributed by atoms with Crippen LogP contribution in [0.3, 0.4) is 0 Å². The lowest BCUT2D eigenvalue weighted by Gasteiger charge is -2.02. The minimum Gasteiger partial charge on any atom is -0.508 e. The number of phenolic OH excluding ortho intramolecular Hbond substituents is 1.